The average molecular weight is 326 g/mol. The number of benzene rings is 1. The Labute approximate surface area is 134 Å². The zero-order valence-electron chi connectivity index (χ0n) is 12.7. The molecule has 0 amide bonds. The molecule has 1 aromatic carbocycles. The number of halogens is 2. The van der Waals surface area contributed by atoms with Gasteiger partial charge in [-0.05, 0) is 24.6 Å². The minimum Gasteiger partial charge on any atom is -0.324 e. The molecule has 24 heavy (non-hydrogen) atoms. The number of nitrogens with zero attached hydrogens (tertiary/aromatic N) is 4. The Morgan fingerprint density at radius 1 is 1.12 bits per heavy atom. The van der Waals surface area contributed by atoms with Crippen molar-refractivity contribution >= 4 is 16.7 Å². The molecule has 0 fully saturated rings. The van der Waals surface area contributed by atoms with Crippen LogP contribution < -0.4 is 5.56 Å². The smallest absolute Gasteiger partial charge is 0.258 e. The molecule has 7 heteroatoms. The van der Waals surface area contributed by atoms with Crippen LogP contribution in [0.4, 0.5) is 8.78 Å². The third-order valence-electron chi connectivity index (χ3n) is 3.87. The van der Waals surface area contributed by atoms with Crippen molar-refractivity contribution in [2.45, 2.75) is 13.5 Å². The third-order valence-corrected chi connectivity index (χ3v) is 3.87. The number of rotatable bonds is 2. The summed E-state index contributed by atoms with van der Waals surface area (Å²) in [6, 6.07) is 7.21. The Morgan fingerprint density at radius 2 is 1.92 bits per heavy atom. The van der Waals surface area contributed by atoms with E-state index in [9.17, 15) is 13.6 Å². The van der Waals surface area contributed by atoms with Crippen LogP contribution in [-0.2, 0) is 6.54 Å². The lowest BCUT2D eigenvalue weighted by Crippen LogP contribution is -2.16. The molecular weight excluding hydrogens is 314 g/mol. The van der Waals surface area contributed by atoms with Gasteiger partial charge in [0.05, 0.1) is 29.6 Å². The van der Waals surface area contributed by atoms with Gasteiger partial charge in [-0.15, -0.1) is 0 Å². The van der Waals surface area contributed by atoms with E-state index < -0.39 is 11.6 Å². The second-order valence-corrected chi connectivity index (χ2v) is 5.65. The molecule has 0 saturated carbocycles. The van der Waals surface area contributed by atoms with Gasteiger partial charge in [-0.3, -0.25) is 9.20 Å². The molecule has 3 heterocycles. The molecule has 4 rings (SSSR count). The highest BCUT2D eigenvalue weighted by atomic mass is 19.2. The van der Waals surface area contributed by atoms with E-state index in [2.05, 4.69) is 9.97 Å². The van der Waals surface area contributed by atoms with Crippen LogP contribution >= 0.6 is 0 Å². The fourth-order valence-corrected chi connectivity index (χ4v) is 2.69. The van der Waals surface area contributed by atoms with Crippen molar-refractivity contribution in [3.8, 4) is 0 Å². The number of pyridine rings is 1. The second-order valence-electron chi connectivity index (χ2n) is 5.65. The summed E-state index contributed by atoms with van der Waals surface area (Å²) in [5.74, 6) is -1.88. The standard InChI is InChI=1S/C17H12F2N4O/c1-10-2-3-23-16(4-10)21-11(5-17(23)24)8-22-9-20-14-6-12(18)13(19)7-15(14)22/h2-7,9H,8H2,1H3. The molecule has 120 valence electrons. The molecule has 0 N–H and O–H groups in total. The minimum absolute atomic E-state index is 0.198. The van der Waals surface area contributed by atoms with Crippen molar-refractivity contribution in [2.24, 2.45) is 0 Å². The van der Waals surface area contributed by atoms with Crippen molar-refractivity contribution in [1.29, 1.82) is 0 Å². The van der Waals surface area contributed by atoms with E-state index in [0.717, 1.165) is 17.7 Å². The lowest BCUT2D eigenvalue weighted by Gasteiger charge is -2.07. The first-order valence-electron chi connectivity index (χ1n) is 7.30. The van der Waals surface area contributed by atoms with E-state index in [0.29, 0.717) is 22.4 Å². The summed E-state index contributed by atoms with van der Waals surface area (Å²) in [6.07, 6.45) is 3.15. The molecule has 4 aromatic rings. The molecule has 0 atom stereocenters. The Balaban J connectivity index is 1.82. The van der Waals surface area contributed by atoms with Crippen LogP contribution in [0.1, 0.15) is 11.3 Å². The highest BCUT2D eigenvalue weighted by molar-refractivity contribution is 5.75. The number of imidazole rings is 1. The fraction of sp³-hybridized carbons (Fsp3) is 0.118. The molecule has 0 saturated heterocycles. The molecule has 0 aliphatic carbocycles. The first-order chi connectivity index (χ1) is 11.5. The van der Waals surface area contributed by atoms with E-state index in [4.69, 9.17) is 0 Å². The second kappa shape index (κ2) is 5.23. The van der Waals surface area contributed by atoms with Gasteiger partial charge < -0.3 is 4.57 Å². The summed E-state index contributed by atoms with van der Waals surface area (Å²) in [7, 11) is 0. The molecule has 0 aliphatic rings. The summed E-state index contributed by atoms with van der Waals surface area (Å²) in [5, 5.41) is 0. The van der Waals surface area contributed by atoms with Gasteiger partial charge in [0.1, 0.15) is 5.65 Å². The van der Waals surface area contributed by atoms with E-state index >= 15 is 0 Å². The van der Waals surface area contributed by atoms with Gasteiger partial charge >= 0.3 is 0 Å². The van der Waals surface area contributed by atoms with Crippen LogP contribution in [0.15, 0.2) is 47.7 Å². The summed E-state index contributed by atoms with van der Waals surface area (Å²) >= 11 is 0. The Hall–Kier alpha value is -3.09. The number of hydrogen-bond donors (Lipinski definition) is 0. The predicted octanol–water partition coefficient (Wildman–Crippen LogP) is 2.68. The van der Waals surface area contributed by atoms with Crippen molar-refractivity contribution in [3.63, 3.8) is 0 Å². The van der Waals surface area contributed by atoms with Crippen molar-refractivity contribution < 1.29 is 8.78 Å². The van der Waals surface area contributed by atoms with Crippen molar-refractivity contribution in [1.82, 2.24) is 18.9 Å². The quantitative estimate of drug-likeness (QED) is 0.569. The van der Waals surface area contributed by atoms with Crippen molar-refractivity contribution in [2.75, 3.05) is 0 Å². The third kappa shape index (κ3) is 2.34. The Bertz CT molecular complexity index is 1150. The Morgan fingerprint density at radius 3 is 2.75 bits per heavy atom. The molecule has 0 bridgehead atoms. The molecule has 3 aromatic heterocycles. The number of aromatic nitrogens is 4. The van der Waals surface area contributed by atoms with Crippen LogP contribution in [0.5, 0.6) is 0 Å². The van der Waals surface area contributed by atoms with Crippen LogP contribution in [0.25, 0.3) is 16.7 Å². The van der Waals surface area contributed by atoms with Gasteiger partial charge in [0.2, 0.25) is 0 Å². The van der Waals surface area contributed by atoms with Crippen molar-refractivity contribution in [3.05, 3.63) is 76.1 Å². The van der Waals surface area contributed by atoms with Crippen LogP contribution in [0.3, 0.4) is 0 Å². The van der Waals surface area contributed by atoms with Gasteiger partial charge in [-0.25, -0.2) is 18.7 Å². The normalized spacial score (nSPS) is 11.5. The molecular formula is C17H12F2N4O. The van der Waals surface area contributed by atoms with Crippen LogP contribution in [0.2, 0.25) is 0 Å². The van der Waals surface area contributed by atoms with Gasteiger partial charge in [0.25, 0.3) is 5.56 Å². The highest BCUT2D eigenvalue weighted by Gasteiger charge is 2.10. The predicted molar refractivity (Wildman–Crippen MR) is 85.0 cm³/mol. The van der Waals surface area contributed by atoms with E-state index in [-0.39, 0.29) is 12.1 Å². The zero-order chi connectivity index (χ0) is 16.8. The maximum atomic E-state index is 13.5. The van der Waals surface area contributed by atoms with Crippen LogP contribution in [-0.4, -0.2) is 18.9 Å². The molecule has 0 radical (unpaired) electrons. The summed E-state index contributed by atoms with van der Waals surface area (Å²) in [6.45, 7) is 2.15. The van der Waals surface area contributed by atoms with E-state index in [1.807, 2.05) is 19.1 Å². The number of hydrogen-bond acceptors (Lipinski definition) is 3. The number of aryl methyl sites for hydroxylation is 1. The summed E-state index contributed by atoms with van der Waals surface area (Å²) in [5.41, 5.74) is 2.65. The van der Waals surface area contributed by atoms with E-state index in [1.165, 1.54) is 16.8 Å². The van der Waals surface area contributed by atoms with Gasteiger partial charge in [0, 0.05) is 24.4 Å². The average Bonchev–Trinajstić information content (AvgIpc) is 2.89. The van der Waals surface area contributed by atoms with Gasteiger partial charge in [-0.1, -0.05) is 0 Å². The lowest BCUT2D eigenvalue weighted by atomic mass is 10.2. The monoisotopic (exact) mass is 326 g/mol. The highest BCUT2D eigenvalue weighted by Crippen LogP contribution is 2.18. The maximum Gasteiger partial charge on any atom is 0.258 e. The molecule has 0 spiro atoms. The zero-order valence-corrected chi connectivity index (χ0v) is 12.7. The van der Waals surface area contributed by atoms with Gasteiger partial charge in [-0.2, -0.15) is 0 Å². The topological polar surface area (TPSA) is 52.2 Å². The first-order valence-corrected chi connectivity index (χ1v) is 7.30. The summed E-state index contributed by atoms with van der Waals surface area (Å²) in [4.78, 5) is 20.7. The van der Waals surface area contributed by atoms with E-state index in [1.54, 1.807) is 10.8 Å². The summed E-state index contributed by atoms with van der Waals surface area (Å²) < 4.78 is 29.8. The Kier molecular flexibility index (Phi) is 3.16. The number of fused-ring (bicyclic) bond motifs is 2. The molecule has 5 nitrogen and oxygen atoms in total. The van der Waals surface area contributed by atoms with Gasteiger partial charge in [0.15, 0.2) is 11.6 Å². The molecule has 0 unspecified atom stereocenters. The largest absolute Gasteiger partial charge is 0.324 e. The minimum atomic E-state index is -0.940. The fourth-order valence-electron chi connectivity index (χ4n) is 2.69. The molecule has 0 aliphatic heterocycles. The first kappa shape index (κ1) is 14.5. The SMILES string of the molecule is Cc1ccn2c(=O)cc(Cn3cnc4cc(F)c(F)cc43)nc2c1. The lowest BCUT2D eigenvalue weighted by molar-refractivity contribution is 0.510. The maximum absolute atomic E-state index is 13.5. The van der Waals surface area contributed by atoms with Crippen LogP contribution in [0, 0.1) is 18.6 Å².